The van der Waals surface area contributed by atoms with Crippen LogP contribution < -0.4 is 25.6 Å². The zero-order valence-electron chi connectivity index (χ0n) is 22.9. The molecule has 0 N–H and O–H groups in total. The van der Waals surface area contributed by atoms with E-state index in [1.54, 1.807) is 37.8 Å². The molecule has 1 fully saturated rings. The van der Waals surface area contributed by atoms with Gasteiger partial charge in [-0.15, -0.1) is 0 Å². The molecule has 0 aromatic heterocycles. The molecule has 206 valence electrons. The average molecular weight is 619 g/mol. The number of hydrogen-bond acceptors (Lipinski definition) is 4. The molecule has 1 heterocycles. The van der Waals surface area contributed by atoms with Gasteiger partial charge in [0, 0.05) is 0 Å². The Morgan fingerprint density at radius 2 is 1.23 bits per heavy atom. The molecule has 1 aliphatic rings. The summed E-state index contributed by atoms with van der Waals surface area (Å²) in [6, 6.07) is 38.1. The van der Waals surface area contributed by atoms with Crippen LogP contribution in [-0.4, -0.2) is 29.9 Å². The van der Waals surface area contributed by atoms with E-state index in [0.29, 0.717) is 24.4 Å². The molecule has 1 unspecified atom stereocenters. The van der Waals surface area contributed by atoms with Gasteiger partial charge in [0.05, 0.1) is 0 Å². The van der Waals surface area contributed by atoms with Crippen molar-refractivity contribution in [2.24, 2.45) is 0 Å². The van der Waals surface area contributed by atoms with Crippen LogP contribution in [0.2, 0.25) is 0 Å². The Hall–Kier alpha value is -3.47. The van der Waals surface area contributed by atoms with Crippen molar-refractivity contribution in [2.75, 3.05) is 11.4 Å². The molecule has 1 amide bonds. The fraction of sp³-hybridized carbons (Fsp3) is 0.212. The number of halogens is 1. The number of anilines is 1. The summed E-state index contributed by atoms with van der Waals surface area (Å²) in [5, 5.41) is -0.288. The summed E-state index contributed by atoms with van der Waals surface area (Å²) in [6.07, 6.45) is -0.192. The van der Waals surface area contributed by atoms with Crippen LogP contribution in [0.25, 0.3) is 0 Å². The van der Waals surface area contributed by atoms with Crippen LogP contribution in [0, 0.1) is 0 Å². The molecule has 0 saturated carbocycles. The van der Waals surface area contributed by atoms with Crippen LogP contribution in [0.4, 0.5) is 10.5 Å². The summed E-state index contributed by atoms with van der Waals surface area (Å²) in [5.74, 6) is 0.270. The summed E-state index contributed by atoms with van der Waals surface area (Å²) in [5.41, 5.74) is -0.546. The Bertz CT molecular complexity index is 1410. The predicted molar refractivity (Wildman–Crippen MR) is 168 cm³/mol. The van der Waals surface area contributed by atoms with Crippen molar-refractivity contribution in [3.05, 3.63) is 115 Å². The number of nitrogens with zero attached hydrogens (tertiary/aromatic N) is 1. The molecule has 0 aliphatic carbocycles. The molecule has 5 nitrogen and oxygen atoms in total. The Balaban J connectivity index is 1.65. The molecule has 0 bridgehead atoms. The SMILES string of the molecule is CC(C)(C)OC(=O)Oc1ccccc1N1CCC(P(Br)(c2ccccc2)(c2ccccc2)c2ccccc2)C1=O. The summed E-state index contributed by atoms with van der Waals surface area (Å²) < 4.78 is 11.0. The van der Waals surface area contributed by atoms with Gasteiger partial charge >= 0.3 is 244 Å². The number of hydrogen-bond donors (Lipinski definition) is 0. The first kappa shape index (κ1) is 28.1. The van der Waals surface area contributed by atoms with Crippen LogP contribution in [-0.2, 0) is 9.53 Å². The molecule has 0 radical (unpaired) electrons. The van der Waals surface area contributed by atoms with Gasteiger partial charge in [0.1, 0.15) is 0 Å². The quantitative estimate of drug-likeness (QED) is 0.133. The van der Waals surface area contributed by atoms with Crippen molar-refractivity contribution in [3.8, 4) is 5.75 Å². The molecule has 4 aromatic rings. The van der Waals surface area contributed by atoms with Crippen LogP contribution in [0.15, 0.2) is 115 Å². The van der Waals surface area contributed by atoms with Gasteiger partial charge in [-0.05, 0) is 0 Å². The third-order valence-electron chi connectivity index (χ3n) is 7.28. The Morgan fingerprint density at radius 3 is 1.70 bits per heavy atom. The zero-order valence-corrected chi connectivity index (χ0v) is 25.3. The van der Waals surface area contributed by atoms with Gasteiger partial charge in [-0.25, -0.2) is 0 Å². The average Bonchev–Trinajstić information content (AvgIpc) is 3.35. The third kappa shape index (κ3) is 4.84. The molecule has 0 spiro atoms. The maximum atomic E-state index is 14.7. The monoisotopic (exact) mass is 617 g/mol. The second-order valence-electron chi connectivity index (χ2n) is 10.9. The van der Waals surface area contributed by atoms with Gasteiger partial charge in [0.25, 0.3) is 0 Å². The van der Waals surface area contributed by atoms with Crippen molar-refractivity contribution in [1.82, 2.24) is 0 Å². The molecule has 5 rings (SSSR count). The molecular weight excluding hydrogens is 585 g/mol. The second kappa shape index (κ2) is 10.8. The zero-order chi connectivity index (χ0) is 28.4. The first-order valence-electron chi connectivity index (χ1n) is 13.3. The molecular formula is C33H33BrNO4P. The molecule has 7 heteroatoms. The standard InChI is InChI=1S/C33H33BrNO4P/c1-33(2,3)39-32(37)38-29-22-14-13-21-28(29)35-24-23-30(31(35)36)40(34,25-15-7-4-8-16-25,26-17-9-5-10-18-26)27-19-11-6-12-20-27/h4-22,30H,23-24H2,1-3H3. The van der Waals surface area contributed by atoms with E-state index < -0.39 is 22.7 Å². The Kier molecular flexibility index (Phi) is 7.60. The van der Waals surface area contributed by atoms with E-state index in [1.807, 2.05) is 66.7 Å². The Morgan fingerprint density at radius 1 is 0.775 bits per heavy atom. The molecule has 1 aliphatic heterocycles. The summed E-state index contributed by atoms with van der Waals surface area (Å²) in [4.78, 5) is 29.0. The van der Waals surface area contributed by atoms with E-state index in [4.69, 9.17) is 9.47 Å². The van der Waals surface area contributed by atoms with Crippen molar-refractivity contribution < 1.29 is 19.1 Å². The molecule has 40 heavy (non-hydrogen) atoms. The fourth-order valence-electron chi connectivity index (χ4n) is 5.63. The topological polar surface area (TPSA) is 55.8 Å². The fourth-order valence-corrected chi connectivity index (χ4v) is 14.3. The van der Waals surface area contributed by atoms with Crippen molar-refractivity contribution >= 4 is 54.5 Å². The van der Waals surface area contributed by atoms with E-state index >= 15 is 0 Å². The predicted octanol–water partition coefficient (Wildman–Crippen LogP) is 6.95. The van der Waals surface area contributed by atoms with Gasteiger partial charge in [0.15, 0.2) is 0 Å². The van der Waals surface area contributed by atoms with Crippen molar-refractivity contribution in [1.29, 1.82) is 0 Å². The summed E-state index contributed by atoms with van der Waals surface area (Å²) in [6.45, 7) is 5.83. The van der Waals surface area contributed by atoms with Gasteiger partial charge in [-0.1, -0.05) is 0 Å². The molecule has 1 saturated heterocycles. The first-order valence-corrected chi connectivity index (χ1v) is 17.7. The molecule has 1 atom stereocenters. The van der Waals surface area contributed by atoms with E-state index in [-0.39, 0.29) is 5.91 Å². The van der Waals surface area contributed by atoms with Crippen LogP contribution in [0.5, 0.6) is 5.75 Å². The summed E-state index contributed by atoms with van der Waals surface area (Å²) in [7, 11) is 0. The van der Waals surface area contributed by atoms with Crippen molar-refractivity contribution in [3.63, 3.8) is 0 Å². The third-order valence-corrected chi connectivity index (χ3v) is 18.0. The maximum absolute atomic E-state index is 14.7. The van der Waals surface area contributed by atoms with Crippen LogP contribution >= 0.6 is 20.8 Å². The van der Waals surface area contributed by atoms with E-state index in [0.717, 1.165) is 15.9 Å². The van der Waals surface area contributed by atoms with E-state index in [9.17, 15) is 9.59 Å². The number of amides is 1. The number of benzene rings is 4. The van der Waals surface area contributed by atoms with Crippen LogP contribution in [0.3, 0.4) is 0 Å². The van der Waals surface area contributed by atoms with E-state index in [2.05, 4.69) is 51.9 Å². The minimum atomic E-state index is -3.55. The van der Waals surface area contributed by atoms with Gasteiger partial charge < -0.3 is 0 Å². The van der Waals surface area contributed by atoms with Crippen molar-refractivity contribution in [2.45, 2.75) is 38.5 Å². The number of ether oxygens (including phenoxy) is 2. The first-order chi connectivity index (χ1) is 19.1. The molecule has 4 aromatic carbocycles. The summed E-state index contributed by atoms with van der Waals surface area (Å²) >= 11 is 4.45. The van der Waals surface area contributed by atoms with E-state index in [1.165, 1.54) is 0 Å². The van der Waals surface area contributed by atoms with Gasteiger partial charge in [-0.3, -0.25) is 0 Å². The van der Waals surface area contributed by atoms with Gasteiger partial charge in [0.2, 0.25) is 0 Å². The number of rotatable bonds is 6. The Labute approximate surface area is 243 Å². The number of carbonyl (C=O) groups is 2. The van der Waals surface area contributed by atoms with Crippen LogP contribution in [0.1, 0.15) is 27.2 Å². The number of para-hydroxylation sites is 2. The number of carbonyl (C=O) groups excluding carboxylic acids is 2. The minimum absolute atomic E-state index is 0.0219. The second-order valence-corrected chi connectivity index (χ2v) is 19.6. The normalized spacial score (nSPS) is 16.7. The van der Waals surface area contributed by atoms with Gasteiger partial charge in [-0.2, -0.15) is 0 Å².